The van der Waals surface area contributed by atoms with Gasteiger partial charge in [-0.3, -0.25) is 0 Å². The van der Waals surface area contributed by atoms with E-state index in [4.69, 9.17) is 0 Å². The molecule has 101 heavy (non-hydrogen) atoms. The third-order valence-corrected chi connectivity index (χ3v) is 33.6. The maximum absolute atomic E-state index is 3.57. The molecule has 21 rings (SSSR count). The second-order valence-electron chi connectivity index (χ2n) is 23.8. The van der Waals surface area contributed by atoms with Crippen LogP contribution in [-0.4, -0.2) is 14.1 Å². The number of benzene rings is 6. The van der Waals surface area contributed by atoms with Crippen molar-refractivity contribution in [2.45, 2.75) is 0 Å². The lowest BCUT2D eigenvalue weighted by Crippen LogP contribution is -1.89. The molecular weight excluding hydrogens is 1600 g/mol. The van der Waals surface area contributed by atoms with Gasteiger partial charge in [-0.25, -0.2) is 0 Å². The van der Waals surface area contributed by atoms with Crippen LogP contribution in [0.15, 0.2) is 299 Å². The monoisotopic (exact) mass is 1640 g/mol. The van der Waals surface area contributed by atoms with Crippen LogP contribution in [-0.2, 0) is 0 Å². The molecule has 0 aliphatic carbocycles. The van der Waals surface area contributed by atoms with Crippen molar-refractivity contribution in [2.24, 2.45) is 0 Å². The van der Waals surface area contributed by atoms with Crippen molar-refractivity contribution in [2.75, 3.05) is 0 Å². The Morgan fingerprint density at radius 3 is 0.604 bits per heavy atom. The number of halogens is 2. The van der Waals surface area contributed by atoms with Crippen LogP contribution in [0.4, 0.5) is 0 Å². The standard InChI is InChI=1S/C48H28N2S6.C24H12Br2S6.C12H9N/c1-5-13-33-29(9-1)30-10-2-6-14-34(30)49(33)47-27-25-45(55-47)43-23-21-41(53-43)39-19-17-37(51-39)38-18-20-40(52-38)42-22-24-44(54-42)46-26-28-48(56-46)50-35-15-7-3-11-31(35)32-12-4-8-16-36(32)50;25-23-11-9-21(31-23)19-7-5-17(29-19)15-3-1-13(27-15)14-2-4-16(28-14)18-6-8-20(30-18)22-10-12-24(26)32-22;1-3-7-11-9(5-1)10-6-2-4-8-12(10)13-11/h1-28H;1-12H;1-8,13H. The molecule has 0 atom stereocenters. The first-order valence-electron chi connectivity index (χ1n) is 32.3. The fourth-order valence-corrected chi connectivity index (χ4v) is 26.8. The van der Waals surface area contributed by atoms with Gasteiger partial charge in [-0.05, 0) is 214 Å². The van der Waals surface area contributed by atoms with Gasteiger partial charge in [-0.1, -0.05) is 109 Å². The molecule has 0 radical (unpaired) electrons. The van der Waals surface area contributed by atoms with E-state index in [2.05, 4.69) is 337 Å². The maximum atomic E-state index is 3.57. The molecule has 0 fully saturated rings. The smallest absolute Gasteiger partial charge is 0.101 e. The minimum absolute atomic E-state index is 1.18. The maximum Gasteiger partial charge on any atom is 0.101 e. The first kappa shape index (κ1) is 64.0. The molecule has 3 nitrogen and oxygen atoms in total. The highest BCUT2D eigenvalue weighted by Gasteiger charge is 2.20. The summed E-state index contributed by atoms with van der Waals surface area (Å²) in [7, 11) is 0. The number of aromatic nitrogens is 3. The van der Waals surface area contributed by atoms with Crippen LogP contribution in [0.1, 0.15) is 0 Å². The number of nitrogens with one attached hydrogen (secondary N) is 1. The zero-order valence-corrected chi connectivity index (χ0v) is 65.7. The lowest BCUT2D eigenvalue weighted by Gasteiger charge is -2.03. The Morgan fingerprint density at radius 1 is 0.178 bits per heavy atom. The molecule has 0 unspecified atom stereocenters. The Kier molecular flexibility index (Phi) is 17.3. The topological polar surface area (TPSA) is 25.6 Å². The summed E-state index contributed by atoms with van der Waals surface area (Å²) in [4.78, 5) is 29.8. The van der Waals surface area contributed by atoms with E-state index in [0.29, 0.717) is 0 Å². The molecule has 17 heteroatoms. The predicted molar refractivity (Wildman–Crippen MR) is 462 cm³/mol. The Bertz CT molecular complexity index is 6070. The highest BCUT2D eigenvalue weighted by Crippen LogP contribution is 2.50. The summed E-state index contributed by atoms with van der Waals surface area (Å²) in [6.45, 7) is 0. The van der Waals surface area contributed by atoms with Gasteiger partial charge in [0.05, 0.1) is 29.6 Å². The summed E-state index contributed by atoms with van der Waals surface area (Å²) in [6.07, 6.45) is 0. The van der Waals surface area contributed by atoms with Gasteiger partial charge in [0.1, 0.15) is 10.0 Å². The van der Waals surface area contributed by atoms with Gasteiger partial charge in [-0.2, -0.15) is 0 Å². The average molecular weight is 1640 g/mol. The van der Waals surface area contributed by atoms with Crippen LogP contribution in [0, 0.1) is 0 Å². The Morgan fingerprint density at radius 2 is 0.366 bits per heavy atom. The molecule has 15 aromatic heterocycles. The summed E-state index contributed by atoms with van der Waals surface area (Å²) in [5.74, 6) is 0. The van der Waals surface area contributed by atoms with E-state index in [1.165, 1.54) is 181 Å². The van der Waals surface area contributed by atoms with Crippen LogP contribution in [0.5, 0.6) is 0 Å². The van der Waals surface area contributed by atoms with E-state index in [1.54, 1.807) is 22.7 Å². The van der Waals surface area contributed by atoms with Crippen LogP contribution in [0.3, 0.4) is 0 Å². The number of hydrogen-bond acceptors (Lipinski definition) is 12. The molecule has 1 N–H and O–H groups in total. The van der Waals surface area contributed by atoms with Crippen LogP contribution < -0.4 is 0 Å². The Balaban J connectivity index is 0.000000131. The van der Waals surface area contributed by atoms with E-state index in [1.807, 2.05) is 113 Å². The van der Waals surface area contributed by atoms with E-state index in [0.717, 1.165) is 0 Å². The number of para-hydroxylation sites is 6. The first-order chi connectivity index (χ1) is 49.8. The van der Waals surface area contributed by atoms with Crippen molar-refractivity contribution < 1.29 is 0 Å². The second kappa shape index (κ2) is 27.4. The molecule has 0 aliphatic rings. The van der Waals surface area contributed by atoms with Crippen molar-refractivity contribution in [3.05, 3.63) is 299 Å². The third-order valence-electron chi connectivity index (χ3n) is 17.6. The zero-order chi connectivity index (χ0) is 67.1. The highest BCUT2D eigenvalue weighted by molar-refractivity contribution is 9.11. The number of nitrogens with zero attached hydrogens (tertiary/aromatic N) is 2. The lowest BCUT2D eigenvalue weighted by atomic mass is 10.2. The van der Waals surface area contributed by atoms with Gasteiger partial charge >= 0.3 is 0 Å². The van der Waals surface area contributed by atoms with Crippen molar-refractivity contribution in [1.82, 2.24) is 14.1 Å². The van der Waals surface area contributed by atoms with Crippen molar-refractivity contribution >= 4 is 233 Å². The average Bonchev–Trinajstić information content (AvgIpc) is 1.60. The van der Waals surface area contributed by atoms with Crippen LogP contribution in [0.2, 0.25) is 0 Å². The Labute approximate surface area is 646 Å². The molecule has 21 aromatic rings. The number of aromatic amines is 1. The molecule has 6 aromatic carbocycles. The lowest BCUT2D eigenvalue weighted by molar-refractivity contribution is 1.22. The van der Waals surface area contributed by atoms with Crippen molar-refractivity contribution in [1.29, 1.82) is 0 Å². The third kappa shape index (κ3) is 12.3. The number of fused-ring (bicyclic) bond motifs is 9. The highest BCUT2D eigenvalue weighted by atomic mass is 79.9. The summed E-state index contributed by atoms with van der Waals surface area (Å²) >= 11 is 29.5. The number of H-pyrrole nitrogens is 1. The molecule has 0 saturated heterocycles. The molecule has 0 spiro atoms. The van der Waals surface area contributed by atoms with Gasteiger partial charge in [0, 0.05) is 141 Å². The molecular formula is C84H49Br2N3S12. The van der Waals surface area contributed by atoms with Crippen LogP contribution in [0.25, 0.3) is 173 Å². The number of thiophene rings is 12. The van der Waals surface area contributed by atoms with Gasteiger partial charge in [0.25, 0.3) is 0 Å². The summed E-state index contributed by atoms with van der Waals surface area (Å²) in [5.41, 5.74) is 7.44. The molecule has 486 valence electrons. The second-order valence-corrected chi connectivity index (χ2v) is 39.5. The molecule has 15 heterocycles. The summed E-state index contributed by atoms with van der Waals surface area (Å²) in [6, 6.07) is 106. The van der Waals surface area contributed by atoms with Gasteiger partial charge < -0.3 is 14.1 Å². The van der Waals surface area contributed by atoms with E-state index in [-0.39, 0.29) is 0 Å². The van der Waals surface area contributed by atoms with Gasteiger partial charge in [-0.15, -0.1) is 136 Å². The largest absolute Gasteiger partial charge is 0.355 e. The summed E-state index contributed by atoms with van der Waals surface area (Å²) < 4.78 is 7.18. The van der Waals surface area contributed by atoms with E-state index in [9.17, 15) is 0 Å². The molecule has 0 bridgehead atoms. The molecule has 0 saturated carbocycles. The van der Waals surface area contributed by atoms with Gasteiger partial charge in [0.15, 0.2) is 0 Å². The molecule has 0 aliphatic heterocycles. The minimum atomic E-state index is 1.18. The Hall–Kier alpha value is -7.92. The SMILES string of the molecule is Brc1ccc(-c2ccc(-c3ccc(-c4ccc(-c5ccc(-c6ccc(Br)s6)s5)s4)s3)s2)s1.c1ccc2c(c1)[nH]c1ccccc12.c1ccc2c(c1)c1ccccc1n2-c1ccc(-c2ccc(-c3ccc(-c4ccc(-c5ccc(-c6ccc(-n7c8ccccc8c8ccccc87)s6)s5)s4)s3)s2)s1. The molecule has 0 amide bonds. The quantitative estimate of drug-likeness (QED) is 0.126. The normalized spacial score (nSPS) is 11.7. The minimum Gasteiger partial charge on any atom is -0.355 e. The van der Waals surface area contributed by atoms with Crippen molar-refractivity contribution in [3.63, 3.8) is 0 Å². The zero-order valence-electron chi connectivity index (χ0n) is 52.8. The fourth-order valence-electron chi connectivity index (χ4n) is 13.0. The van der Waals surface area contributed by atoms with Crippen LogP contribution >= 0.6 is 168 Å². The van der Waals surface area contributed by atoms with Crippen molar-refractivity contribution in [3.8, 4) is 108 Å². The van der Waals surface area contributed by atoms with Gasteiger partial charge in [0.2, 0.25) is 0 Å². The van der Waals surface area contributed by atoms with E-state index >= 15 is 0 Å². The van der Waals surface area contributed by atoms with E-state index < -0.39 is 0 Å². The number of hydrogen-bond donors (Lipinski definition) is 1. The first-order valence-corrected chi connectivity index (χ1v) is 43.6. The predicted octanol–water partition coefficient (Wildman–Crippen LogP) is 31.8. The number of rotatable bonds is 12. The fraction of sp³-hybridized carbons (Fsp3) is 0. The summed E-state index contributed by atoms with van der Waals surface area (Å²) in [5, 5.41) is 10.3.